The Bertz CT molecular complexity index is 338. The van der Waals surface area contributed by atoms with E-state index in [9.17, 15) is 0 Å². The molecule has 0 radical (unpaired) electrons. The minimum Gasteiger partial charge on any atom is -0.383 e. The number of thiophene rings is 1. The van der Waals surface area contributed by atoms with Crippen LogP contribution in [0.3, 0.4) is 0 Å². The van der Waals surface area contributed by atoms with Crippen molar-refractivity contribution in [3.63, 3.8) is 0 Å². The topological polar surface area (TPSA) is 24.5 Å². The maximum absolute atomic E-state index is 5.43. The largest absolute Gasteiger partial charge is 0.383 e. The summed E-state index contributed by atoms with van der Waals surface area (Å²) < 4.78 is 5.43. The minimum atomic E-state index is 0.492. The summed E-state index contributed by atoms with van der Waals surface area (Å²) in [6.45, 7) is 6.23. The number of hydrogen-bond donors (Lipinski definition) is 1. The first-order valence-corrected chi connectivity index (χ1v) is 8.21. The Morgan fingerprint density at radius 1 is 1.53 bits per heavy atom. The van der Waals surface area contributed by atoms with Crippen LogP contribution >= 0.6 is 11.3 Å². The van der Waals surface area contributed by atoms with Crippen molar-refractivity contribution in [2.24, 2.45) is 0 Å². The van der Waals surface area contributed by atoms with Crippen molar-refractivity contribution in [2.45, 2.75) is 44.8 Å². The Morgan fingerprint density at radius 2 is 2.37 bits per heavy atom. The molecule has 4 heteroatoms. The van der Waals surface area contributed by atoms with Gasteiger partial charge < -0.3 is 10.1 Å². The van der Waals surface area contributed by atoms with Crippen LogP contribution in [0, 0.1) is 0 Å². The molecule has 108 valence electrons. The van der Waals surface area contributed by atoms with Gasteiger partial charge in [0.1, 0.15) is 0 Å². The molecule has 1 saturated carbocycles. The highest BCUT2D eigenvalue weighted by Gasteiger charge is 2.33. The second-order valence-electron chi connectivity index (χ2n) is 5.30. The van der Waals surface area contributed by atoms with Gasteiger partial charge in [-0.1, -0.05) is 13.0 Å². The second kappa shape index (κ2) is 8.00. The number of rotatable bonds is 10. The number of methoxy groups -OCH3 is 1. The molecular weight excluding hydrogens is 256 g/mol. The lowest BCUT2D eigenvalue weighted by atomic mass is 10.2. The average Bonchev–Trinajstić information content (AvgIpc) is 3.13. The molecule has 1 aromatic heterocycles. The third-order valence-corrected chi connectivity index (χ3v) is 4.43. The molecule has 1 heterocycles. The van der Waals surface area contributed by atoms with Gasteiger partial charge >= 0.3 is 0 Å². The van der Waals surface area contributed by atoms with Crippen LogP contribution in [0.2, 0.25) is 0 Å². The van der Waals surface area contributed by atoms with E-state index in [-0.39, 0.29) is 0 Å². The monoisotopic (exact) mass is 282 g/mol. The zero-order valence-corrected chi connectivity index (χ0v) is 12.9. The van der Waals surface area contributed by atoms with Crippen molar-refractivity contribution in [3.05, 3.63) is 22.4 Å². The lowest BCUT2D eigenvalue weighted by Gasteiger charge is -2.31. The molecule has 0 amide bonds. The van der Waals surface area contributed by atoms with Crippen molar-refractivity contribution < 1.29 is 4.74 Å². The summed E-state index contributed by atoms with van der Waals surface area (Å²) in [5.41, 5.74) is 0. The van der Waals surface area contributed by atoms with Crippen LogP contribution < -0.4 is 5.32 Å². The van der Waals surface area contributed by atoms with Gasteiger partial charge in [0.2, 0.25) is 0 Å². The molecule has 1 aliphatic rings. The maximum atomic E-state index is 5.43. The van der Waals surface area contributed by atoms with Crippen molar-refractivity contribution in [1.82, 2.24) is 10.2 Å². The molecule has 1 aliphatic carbocycles. The molecule has 1 unspecified atom stereocenters. The fraction of sp³-hybridized carbons (Fsp3) is 0.733. The van der Waals surface area contributed by atoms with E-state index >= 15 is 0 Å². The smallest absolute Gasteiger partial charge is 0.0630 e. The molecule has 0 spiro atoms. The van der Waals surface area contributed by atoms with Gasteiger partial charge in [0.05, 0.1) is 6.61 Å². The highest BCUT2D eigenvalue weighted by atomic mass is 32.1. The number of nitrogens with zero attached hydrogens (tertiary/aromatic N) is 1. The van der Waals surface area contributed by atoms with E-state index in [4.69, 9.17) is 4.74 Å². The molecule has 3 nitrogen and oxygen atoms in total. The predicted molar refractivity (Wildman–Crippen MR) is 81.7 cm³/mol. The van der Waals surface area contributed by atoms with Gasteiger partial charge in [-0.3, -0.25) is 4.90 Å². The van der Waals surface area contributed by atoms with Gasteiger partial charge in [-0.25, -0.2) is 0 Å². The van der Waals surface area contributed by atoms with Crippen molar-refractivity contribution in [2.75, 3.05) is 26.8 Å². The van der Waals surface area contributed by atoms with Gasteiger partial charge in [-0.15, -0.1) is 11.3 Å². The third-order valence-electron chi connectivity index (χ3n) is 3.57. The van der Waals surface area contributed by atoms with Crippen LogP contribution in [0.15, 0.2) is 17.5 Å². The fourth-order valence-corrected chi connectivity index (χ4v) is 3.17. The summed E-state index contributed by atoms with van der Waals surface area (Å²) in [6.07, 6.45) is 3.88. The Morgan fingerprint density at radius 3 is 2.95 bits per heavy atom. The van der Waals surface area contributed by atoms with Crippen LogP contribution in [-0.4, -0.2) is 43.8 Å². The first kappa shape index (κ1) is 15.0. The normalized spacial score (nSPS) is 17.0. The predicted octanol–water partition coefficient (Wildman–Crippen LogP) is 2.73. The standard InChI is InChI=1S/C15H26N2OS/c1-3-8-16-10-14(12-18-2)17(13-6-7-13)11-15-5-4-9-19-15/h4-5,9,13-14,16H,3,6-8,10-12H2,1-2H3. The Kier molecular flexibility index (Phi) is 6.31. The fourth-order valence-electron chi connectivity index (χ4n) is 2.45. The number of nitrogens with one attached hydrogen (secondary N) is 1. The number of hydrogen-bond acceptors (Lipinski definition) is 4. The van der Waals surface area contributed by atoms with Gasteiger partial charge in [-0.2, -0.15) is 0 Å². The van der Waals surface area contributed by atoms with E-state index < -0.39 is 0 Å². The minimum absolute atomic E-state index is 0.492. The quantitative estimate of drug-likeness (QED) is 0.668. The molecule has 2 rings (SSSR count). The summed E-state index contributed by atoms with van der Waals surface area (Å²) >= 11 is 1.86. The molecule has 1 aromatic rings. The van der Waals surface area contributed by atoms with Crippen LogP contribution in [0.4, 0.5) is 0 Å². The SMILES string of the molecule is CCCNCC(COC)N(Cc1cccs1)C1CC1. The van der Waals surface area contributed by atoms with Gasteiger partial charge in [0, 0.05) is 37.2 Å². The molecule has 0 aliphatic heterocycles. The Hall–Kier alpha value is -0.420. The van der Waals surface area contributed by atoms with Crippen LogP contribution in [0.5, 0.6) is 0 Å². The molecule has 1 N–H and O–H groups in total. The van der Waals surface area contributed by atoms with Crippen LogP contribution in [-0.2, 0) is 11.3 Å². The first-order valence-electron chi connectivity index (χ1n) is 7.33. The highest BCUT2D eigenvalue weighted by Crippen LogP contribution is 2.31. The summed E-state index contributed by atoms with van der Waals surface area (Å²) in [5.74, 6) is 0. The van der Waals surface area contributed by atoms with Crippen LogP contribution in [0.1, 0.15) is 31.1 Å². The van der Waals surface area contributed by atoms with Crippen molar-refractivity contribution >= 4 is 11.3 Å². The Labute approximate surface area is 121 Å². The summed E-state index contributed by atoms with van der Waals surface area (Å²) in [4.78, 5) is 4.10. The van der Waals surface area contributed by atoms with E-state index in [0.717, 1.165) is 32.3 Å². The van der Waals surface area contributed by atoms with Crippen molar-refractivity contribution in [3.8, 4) is 0 Å². The van der Waals surface area contributed by atoms with E-state index in [1.807, 2.05) is 18.4 Å². The summed E-state index contributed by atoms with van der Waals surface area (Å²) in [5, 5.41) is 5.71. The lowest BCUT2D eigenvalue weighted by molar-refractivity contribution is 0.0795. The summed E-state index contributed by atoms with van der Waals surface area (Å²) in [7, 11) is 1.81. The second-order valence-corrected chi connectivity index (χ2v) is 6.33. The molecule has 1 fully saturated rings. The molecular formula is C15H26N2OS. The molecule has 0 bridgehead atoms. The van der Waals surface area contributed by atoms with Crippen molar-refractivity contribution in [1.29, 1.82) is 0 Å². The van der Waals surface area contributed by atoms with E-state index in [1.165, 1.54) is 24.1 Å². The summed E-state index contributed by atoms with van der Waals surface area (Å²) in [6, 6.07) is 5.64. The van der Waals surface area contributed by atoms with Gasteiger partial charge in [0.15, 0.2) is 0 Å². The molecule has 1 atom stereocenters. The van der Waals surface area contributed by atoms with E-state index in [2.05, 4.69) is 34.7 Å². The Balaban J connectivity index is 1.92. The van der Waals surface area contributed by atoms with E-state index in [0.29, 0.717) is 6.04 Å². The maximum Gasteiger partial charge on any atom is 0.0630 e. The molecule has 19 heavy (non-hydrogen) atoms. The van der Waals surface area contributed by atoms with E-state index in [1.54, 1.807) is 0 Å². The van der Waals surface area contributed by atoms with Crippen LogP contribution in [0.25, 0.3) is 0 Å². The zero-order valence-electron chi connectivity index (χ0n) is 12.1. The van der Waals surface area contributed by atoms with Gasteiger partial charge in [-0.05, 0) is 37.3 Å². The zero-order chi connectivity index (χ0) is 13.5. The third kappa shape index (κ3) is 4.88. The number of ether oxygens (including phenoxy) is 1. The average molecular weight is 282 g/mol. The lowest BCUT2D eigenvalue weighted by Crippen LogP contribution is -2.46. The first-order chi connectivity index (χ1) is 9.35. The molecule has 0 aromatic carbocycles. The van der Waals surface area contributed by atoms with Gasteiger partial charge in [0.25, 0.3) is 0 Å². The molecule has 0 saturated heterocycles. The highest BCUT2D eigenvalue weighted by molar-refractivity contribution is 7.09.